The van der Waals surface area contributed by atoms with Crippen molar-refractivity contribution in [2.45, 2.75) is 276 Å². The minimum Gasteiger partial charge on any atom is -0.479 e. The first kappa shape index (κ1) is 72.4. The number of esters is 3. The maximum absolute atomic E-state index is 13.1. The van der Waals surface area contributed by atoms with Gasteiger partial charge in [-0.05, 0) is 109 Å². The third kappa shape index (κ3) is 43.8. The molecule has 6 atom stereocenters. The van der Waals surface area contributed by atoms with E-state index in [1.54, 1.807) is 0 Å². The number of ether oxygens (including phenoxy) is 5. The van der Waals surface area contributed by atoms with Crippen molar-refractivity contribution in [2.24, 2.45) is 0 Å². The van der Waals surface area contributed by atoms with Crippen molar-refractivity contribution in [3.8, 4) is 0 Å². The van der Waals surface area contributed by atoms with Gasteiger partial charge in [-0.25, -0.2) is 4.79 Å². The van der Waals surface area contributed by atoms with Gasteiger partial charge in [-0.15, -0.1) is 0 Å². The van der Waals surface area contributed by atoms with Crippen LogP contribution in [-0.4, -0.2) is 89.2 Å². The molecule has 0 aromatic heterocycles. The fourth-order valence-electron chi connectivity index (χ4n) is 8.60. The highest BCUT2D eigenvalue weighted by molar-refractivity contribution is 5.74. The molecule has 1 aliphatic heterocycles. The first-order chi connectivity index (χ1) is 38.6. The molecule has 0 saturated carbocycles. The molecule has 0 bridgehead atoms. The van der Waals surface area contributed by atoms with Crippen LogP contribution in [0, 0.1) is 0 Å². The van der Waals surface area contributed by atoms with E-state index in [2.05, 4.69) is 112 Å². The number of carbonyl (C=O) groups excluding carboxylic acids is 3. The number of hydrogen-bond acceptors (Lipinski definition) is 11. The maximum Gasteiger partial charge on any atom is 0.335 e. The summed E-state index contributed by atoms with van der Waals surface area (Å²) in [7, 11) is 0. The smallest absolute Gasteiger partial charge is 0.335 e. The lowest BCUT2D eigenvalue weighted by Crippen LogP contribution is -2.61. The van der Waals surface area contributed by atoms with E-state index < -0.39 is 67.3 Å². The van der Waals surface area contributed by atoms with Gasteiger partial charge in [-0.2, -0.15) is 0 Å². The minimum atomic E-state index is -1.94. The van der Waals surface area contributed by atoms with Crippen LogP contribution in [0.3, 0.4) is 0 Å². The molecule has 12 nitrogen and oxygen atoms in total. The third-order valence-corrected chi connectivity index (χ3v) is 13.3. The summed E-state index contributed by atoms with van der Waals surface area (Å²) in [6.45, 7) is 5.77. The number of aliphatic carboxylic acids is 1. The summed E-state index contributed by atoms with van der Waals surface area (Å²) in [4.78, 5) is 51.2. The Kier molecular flexibility index (Phi) is 49.5. The van der Waals surface area contributed by atoms with Crippen LogP contribution in [0.1, 0.15) is 239 Å². The van der Waals surface area contributed by atoms with Crippen molar-refractivity contribution >= 4 is 23.9 Å². The monoisotopic (exact) mass is 1100 g/mol. The Morgan fingerprint density at radius 2 is 0.848 bits per heavy atom. The lowest BCUT2D eigenvalue weighted by atomic mass is 9.98. The van der Waals surface area contributed by atoms with Crippen LogP contribution in [-0.2, 0) is 42.9 Å². The number of hydrogen-bond donors (Lipinski definition) is 3. The van der Waals surface area contributed by atoms with Crippen LogP contribution in [0.4, 0.5) is 0 Å². The maximum atomic E-state index is 13.1. The average Bonchev–Trinajstić information content (AvgIpc) is 3.46. The summed E-state index contributed by atoms with van der Waals surface area (Å²) < 4.78 is 28.4. The molecule has 6 unspecified atom stereocenters. The van der Waals surface area contributed by atoms with Crippen molar-refractivity contribution in [2.75, 3.05) is 13.2 Å². The van der Waals surface area contributed by atoms with Crippen LogP contribution in [0.5, 0.6) is 0 Å². The van der Waals surface area contributed by atoms with Gasteiger partial charge in [0, 0.05) is 19.3 Å². The fourth-order valence-corrected chi connectivity index (χ4v) is 8.60. The molecule has 0 amide bonds. The number of carboxylic acids is 1. The van der Waals surface area contributed by atoms with Gasteiger partial charge in [0.1, 0.15) is 18.8 Å². The van der Waals surface area contributed by atoms with Gasteiger partial charge in [0.05, 0.1) is 6.61 Å². The quantitative estimate of drug-likeness (QED) is 0.0228. The molecule has 0 aromatic carbocycles. The second kappa shape index (κ2) is 54.0. The minimum absolute atomic E-state index is 0.0714. The van der Waals surface area contributed by atoms with E-state index >= 15 is 0 Å². The molecular weight excluding hydrogens is 997 g/mol. The molecule has 0 aliphatic carbocycles. The van der Waals surface area contributed by atoms with Crippen molar-refractivity contribution in [1.82, 2.24) is 0 Å². The Balaban J connectivity index is 2.72. The molecule has 3 N–H and O–H groups in total. The highest BCUT2D eigenvalue weighted by Crippen LogP contribution is 2.26. The zero-order valence-corrected chi connectivity index (χ0v) is 49.3. The molecule has 0 spiro atoms. The third-order valence-electron chi connectivity index (χ3n) is 13.3. The molecule has 1 aliphatic rings. The van der Waals surface area contributed by atoms with Gasteiger partial charge < -0.3 is 39.0 Å². The molecule has 448 valence electrons. The Morgan fingerprint density at radius 1 is 0.430 bits per heavy atom. The molecule has 1 saturated heterocycles. The standard InChI is InChI=1S/C67H108O12/c1-4-7-10-13-16-19-22-25-27-29-30-32-34-37-40-43-46-49-52-55-61(70)78-65-63(72)62(71)64(66(73)74)79-67(65)76-57-58(77-60(69)54-51-48-45-42-39-35-24-21-18-15-12-9-6-3)56-75-59(68)53-50-47-44-41-38-36-33-31-28-26-23-20-17-14-11-8-5-2/h7,10,12,15-16,19,21,24-28,30,32,37,40,46,49,58,62-65,67,71-72H,4-6,8-9,11,13-14,17-18,20,22-23,29,31,33-36,38-39,41-45,47-48,50-57H2,1-3H3,(H,73,74)/b10-7-,15-12-,19-16-,24-21-,27-25-,28-26-,32-30-,40-37-,49-46-. The number of rotatable bonds is 51. The predicted molar refractivity (Wildman–Crippen MR) is 321 cm³/mol. The van der Waals surface area contributed by atoms with Gasteiger partial charge in [-0.1, -0.05) is 220 Å². The summed E-state index contributed by atoms with van der Waals surface area (Å²) >= 11 is 0. The number of carboxylic acid groups (broad SMARTS) is 1. The lowest BCUT2D eigenvalue weighted by molar-refractivity contribution is -0.301. The largest absolute Gasteiger partial charge is 0.479 e. The number of unbranched alkanes of at least 4 members (excludes halogenated alkanes) is 19. The van der Waals surface area contributed by atoms with Crippen molar-refractivity contribution in [3.05, 3.63) is 109 Å². The molecule has 12 heteroatoms. The second-order valence-electron chi connectivity index (χ2n) is 20.6. The summed E-state index contributed by atoms with van der Waals surface area (Å²) in [5, 5.41) is 31.5. The molecule has 79 heavy (non-hydrogen) atoms. The van der Waals surface area contributed by atoms with E-state index in [0.29, 0.717) is 25.7 Å². The highest BCUT2D eigenvalue weighted by atomic mass is 16.7. The van der Waals surface area contributed by atoms with Crippen LogP contribution in [0.15, 0.2) is 109 Å². The van der Waals surface area contributed by atoms with Gasteiger partial charge in [0.15, 0.2) is 24.6 Å². The van der Waals surface area contributed by atoms with Gasteiger partial charge in [0.2, 0.25) is 0 Å². The van der Waals surface area contributed by atoms with Crippen LogP contribution < -0.4 is 0 Å². The number of allylic oxidation sites excluding steroid dienone is 18. The van der Waals surface area contributed by atoms with E-state index in [0.717, 1.165) is 116 Å². The van der Waals surface area contributed by atoms with E-state index in [9.17, 15) is 34.5 Å². The predicted octanol–water partition coefficient (Wildman–Crippen LogP) is 16.2. The van der Waals surface area contributed by atoms with Crippen molar-refractivity contribution in [1.29, 1.82) is 0 Å². The molecule has 0 radical (unpaired) electrons. The Labute approximate surface area is 478 Å². The van der Waals surface area contributed by atoms with E-state index in [4.69, 9.17) is 23.7 Å². The first-order valence-electron chi connectivity index (χ1n) is 30.9. The molecule has 0 aromatic rings. The Hall–Kier alpha value is -4.62. The van der Waals surface area contributed by atoms with Gasteiger partial charge in [-0.3, -0.25) is 14.4 Å². The van der Waals surface area contributed by atoms with Crippen LogP contribution in [0.25, 0.3) is 0 Å². The lowest BCUT2D eigenvalue weighted by Gasteiger charge is -2.40. The summed E-state index contributed by atoms with van der Waals surface area (Å²) in [5.74, 6) is -3.26. The van der Waals surface area contributed by atoms with Crippen LogP contribution >= 0.6 is 0 Å². The first-order valence-corrected chi connectivity index (χ1v) is 30.9. The normalized spacial score (nSPS) is 18.6. The topological polar surface area (TPSA) is 175 Å². The molecule has 1 rings (SSSR count). The van der Waals surface area contributed by atoms with E-state index in [1.165, 1.54) is 57.8 Å². The SMILES string of the molecule is CC/C=C\C/C=C\C/C=C\C/C=C\C/C=C\C/C=C\CCC(=O)OC1C(OCC(COC(=O)CCCCCCCCC/C=C\CCCCCCCC)OC(=O)CCCCCCC/C=C\C/C=C\CCC)OC(C(=O)O)C(O)C1O. The number of aliphatic hydroxyl groups excluding tert-OH is 2. The summed E-state index contributed by atoms with van der Waals surface area (Å²) in [6.07, 6.45) is 60.6. The van der Waals surface area contributed by atoms with Crippen molar-refractivity contribution < 1.29 is 58.2 Å². The fraction of sp³-hybridized carbons (Fsp3) is 0.672. The van der Waals surface area contributed by atoms with E-state index in [-0.39, 0.29) is 25.9 Å². The number of aliphatic hydroxyl groups is 2. The van der Waals surface area contributed by atoms with Crippen LogP contribution in [0.2, 0.25) is 0 Å². The molecule has 1 fully saturated rings. The molecule has 1 heterocycles. The Morgan fingerprint density at radius 3 is 1.33 bits per heavy atom. The number of carbonyl (C=O) groups is 4. The zero-order chi connectivity index (χ0) is 57.5. The summed E-state index contributed by atoms with van der Waals surface area (Å²) in [5.41, 5.74) is 0. The Bertz CT molecular complexity index is 1790. The van der Waals surface area contributed by atoms with E-state index in [1.807, 2.05) is 18.2 Å². The highest BCUT2D eigenvalue weighted by Gasteiger charge is 2.50. The zero-order valence-electron chi connectivity index (χ0n) is 49.3. The van der Waals surface area contributed by atoms with Crippen molar-refractivity contribution in [3.63, 3.8) is 0 Å². The second-order valence-corrected chi connectivity index (χ2v) is 20.6. The molecular formula is C67H108O12. The van der Waals surface area contributed by atoms with Gasteiger partial charge in [0.25, 0.3) is 0 Å². The van der Waals surface area contributed by atoms with Gasteiger partial charge >= 0.3 is 23.9 Å². The average molecular weight is 1110 g/mol. The summed E-state index contributed by atoms with van der Waals surface area (Å²) in [6, 6.07) is 0.